The summed E-state index contributed by atoms with van der Waals surface area (Å²) in [5.41, 5.74) is 0. The molecular formula is C18H28O10S2. The van der Waals surface area contributed by atoms with Crippen LogP contribution in [0.4, 0.5) is 0 Å². The van der Waals surface area contributed by atoms with Crippen molar-refractivity contribution in [2.45, 2.75) is 63.6 Å². The molecule has 30 heavy (non-hydrogen) atoms. The van der Waals surface area contributed by atoms with Gasteiger partial charge in [0.25, 0.3) is 0 Å². The van der Waals surface area contributed by atoms with Gasteiger partial charge < -0.3 is 23.7 Å². The first kappa shape index (κ1) is 28.1. The van der Waals surface area contributed by atoms with Crippen LogP contribution in [0.15, 0.2) is 0 Å². The summed E-state index contributed by atoms with van der Waals surface area (Å²) in [6, 6.07) is 0. The lowest BCUT2D eigenvalue weighted by molar-refractivity contribution is -0.201. The van der Waals surface area contributed by atoms with E-state index in [1.165, 1.54) is 30.4 Å². The van der Waals surface area contributed by atoms with Crippen molar-refractivity contribution in [3.8, 4) is 0 Å². The molecule has 172 valence electrons. The third kappa shape index (κ3) is 10.7. The van der Waals surface area contributed by atoms with Crippen LogP contribution in [0.2, 0.25) is 0 Å². The van der Waals surface area contributed by atoms with Gasteiger partial charge in [0.15, 0.2) is 24.4 Å². The summed E-state index contributed by atoms with van der Waals surface area (Å²) >= 11 is 2.63. The summed E-state index contributed by atoms with van der Waals surface area (Å²) < 4.78 is 25.8. The molecule has 10 nitrogen and oxygen atoms in total. The van der Waals surface area contributed by atoms with E-state index in [0.717, 1.165) is 27.7 Å². The average molecular weight is 469 g/mol. The first-order chi connectivity index (χ1) is 13.9. The van der Waals surface area contributed by atoms with E-state index < -0.39 is 65.5 Å². The van der Waals surface area contributed by atoms with Gasteiger partial charge in [-0.25, -0.2) is 0 Å². The number of carbonyl (C=O) groups excluding carboxylic acids is 5. The van der Waals surface area contributed by atoms with Crippen molar-refractivity contribution in [2.24, 2.45) is 0 Å². The van der Waals surface area contributed by atoms with Gasteiger partial charge in [0.05, 0.1) is 4.58 Å². The molecule has 0 spiro atoms. The van der Waals surface area contributed by atoms with Gasteiger partial charge in [-0.1, -0.05) is 0 Å². The quantitative estimate of drug-likeness (QED) is 0.232. The van der Waals surface area contributed by atoms with E-state index in [0.29, 0.717) is 0 Å². The number of thioether (sulfide) groups is 2. The smallest absolute Gasteiger partial charge is 0.303 e. The zero-order valence-electron chi connectivity index (χ0n) is 18.0. The molecule has 0 fully saturated rings. The summed E-state index contributed by atoms with van der Waals surface area (Å²) in [5, 5.41) is 0. The molecule has 0 aliphatic carbocycles. The molecule has 0 radical (unpaired) electrons. The Kier molecular flexibility index (Phi) is 13.2. The van der Waals surface area contributed by atoms with Crippen LogP contribution in [0.3, 0.4) is 0 Å². The van der Waals surface area contributed by atoms with E-state index in [2.05, 4.69) is 0 Å². The molecule has 0 saturated carbocycles. The van der Waals surface area contributed by atoms with E-state index in [4.69, 9.17) is 23.7 Å². The predicted molar refractivity (Wildman–Crippen MR) is 110 cm³/mol. The van der Waals surface area contributed by atoms with Gasteiger partial charge in [0, 0.05) is 34.6 Å². The first-order valence-electron chi connectivity index (χ1n) is 8.80. The van der Waals surface area contributed by atoms with Crippen molar-refractivity contribution in [3.05, 3.63) is 0 Å². The molecule has 4 atom stereocenters. The van der Waals surface area contributed by atoms with Gasteiger partial charge in [-0.2, -0.15) is 0 Å². The second kappa shape index (κ2) is 14.1. The Bertz CT molecular complexity index is 620. The van der Waals surface area contributed by atoms with Crippen molar-refractivity contribution in [3.63, 3.8) is 0 Å². The monoisotopic (exact) mass is 468 g/mol. The molecule has 0 heterocycles. The minimum atomic E-state index is -1.42. The number of rotatable bonds is 12. The second-order valence-corrected chi connectivity index (χ2v) is 8.27. The van der Waals surface area contributed by atoms with E-state index in [-0.39, 0.29) is 0 Å². The van der Waals surface area contributed by atoms with Gasteiger partial charge in [-0.05, 0) is 12.5 Å². The summed E-state index contributed by atoms with van der Waals surface area (Å²) in [6.45, 7) is 5.20. The lowest BCUT2D eigenvalue weighted by Crippen LogP contribution is -2.55. The minimum Gasteiger partial charge on any atom is -0.462 e. The van der Waals surface area contributed by atoms with Crippen LogP contribution in [0, 0.1) is 0 Å². The van der Waals surface area contributed by atoms with Crippen molar-refractivity contribution >= 4 is 53.4 Å². The van der Waals surface area contributed by atoms with E-state index in [9.17, 15) is 24.0 Å². The molecule has 0 aliphatic rings. The van der Waals surface area contributed by atoms with Crippen molar-refractivity contribution in [2.75, 3.05) is 19.1 Å². The van der Waals surface area contributed by atoms with E-state index in [1.807, 2.05) is 0 Å². The molecule has 0 aromatic rings. The fourth-order valence-corrected chi connectivity index (χ4v) is 4.23. The SMILES string of the molecule is CSC(SC)[C@@H](OC(C)=O)[C@@H](OC(C)=O)[C@H](OC(C)=O)[C@H](COC(C)=O)OC(C)=O. The highest BCUT2D eigenvalue weighted by Crippen LogP contribution is 2.31. The molecule has 0 rings (SSSR count). The Balaban J connectivity index is 6.37. The number of hydrogen-bond acceptors (Lipinski definition) is 12. The zero-order valence-corrected chi connectivity index (χ0v) is 19.6. The van der Waals surface area contributed by atoms with Crippen molar-refractivity contribution in [1.29, 1.82) is 0 Å². The lowest BCUT2D eigenvalue weighted by Gasteiger charge is -2.37. The van der Waals surface area contributed by atoms with E-state index in [1.54, 1.807) is 12.5 Å². The maximum Gasteiger partial charge on any atom is 0.303 e. The molecule has 0 aliphatic heterocycles. The molecule has 0 bridgehead atoms. The number of esters is 5. The topological polar surface area (TPSA) is 132 Å². The second-order valence-electron chi connectivity index (χ2n) is 6.01. The Hall–Kier alpha value is -1.95. The van der Waals surface area contributed by atoms with Crippen LogP contribution in [-0.2, 0) is 47.7 Å². The number of ether oxygens (including phenoxy) is 5. The van der Waals surface area contributed by atoms with Crippen LogP contribution in [0.1, 0.15) is 34.6 Å². The predicted octanol–water partition coefficient (Wildman–Crippen LogP) is 1.33. The van der Waals surface area contributed by atoms with E-state index >= 15 is 0 Å². The Morgan fingerprint density at radius 1 is 0.600 bits per heavy atom. The number of hydrogen-bond donors (Lipinski definition) is 0. The highest BCUT2D eigenvalue weighted by molar-refractivity contribution is 8.16. The third-order valence-electron chi connectivity index (χ3n) is 3.42. The minimum absolute atomic E-state index is 0.428. The van der Waals surface area contributed by atoms with Crippen LogP contribution >= 0.6 is 23.5 Å². The Morgan fingerprint density at radius 3 is 1.37 bits per heavy atom. The molecule has 12 heteroatoms. The zero-order chi connectivity index (χ0) is 23.4. The molecule has 0 saturated heterocycles. The summed E-state index contributed by atoms with van der Waals surface area (Å²) in [6.07, 6.45) is -1.64. The normalized spacial score (nSPS) is 14.7. The van der Waals surface area contributed by atoms with Crippen LogP contribution in [0.25, 0.3) is 0 Å². The molecule has 0 aromatic carbocycles. The van der Waals surface area contributed by atoms with Crippen molar-refractivity contribution < 1.29 is 47.7 Å². The summed E-state index contributed by atoms with van der Waals surface area (Å²) in [5.74, 6) is -3.59. The third-order valence-corrected chi connectivity index (χ3v) is 6.04. The molecule has 0 aromatic heterocycles. The Morgan fingerprint density at radius 2 is 1.00 bits per heavy atom. The van der Waals surface area contributed by atoms with Gasteiger partial charge >= 0.3 is 29.8 Å². The van der Waals surface area contributed by atoms with Gasteiger partial charge in [-0.3, -0.25) is 24.0 Å². The van der Waals surface area contributed by atoms with Crippen molar-refractivity contribution in [1.82, 2.24) is 0 Å². The molecule has 0 amide bonds. The maximum atomic E-state index is 11.8. The summed E-state index contributed by atoms with van der Waals surface area (Å²) in [4.78, 5) is 58.3. The average Bonchev–Trinajstić information content (AvgIpc) is 2.60. The highest BCUT2D eigenvalue weighted by atomic mass is 32.2. The fraction of sp³-hybridized carbons (Fsp3) is 0.722. The largest absolute Gasteiger partial charge is 0.462 e. The fourth-order valence-electron chi connectivity index (χ4n) is 2.50. The van der Waals surface area contributed by atoms with Crippen LogP contribution in [-0.4, -0.2) is 78.0 Å². The molecule has 0 N–H and O–H groups in total. The van der Waals surface area contributed by atoms with Crippen LogP contribution in [0.5, 0.6) is 0 Å². The molecule has 0 unspecified atom stereocenters. The summed E-state index contributed by atoms with van der Waals surface area (Å²) in [7, 11) is 0. The first-order valence-corrected chi connectivity index (χ1v) is 11.4. The number of carbonyl (C=O) groups is 5. The maximum absolute atomic E-state index is 11.8. The van der Waals surface area contributed by atoms with Gasteiger partial charge in [-0.15, -0.1) is 23.5 Å². The standard InChI is InChI=1S/C18H28O10S2/c1-9(19)24-8-14(25-10(2)20)15(26-11(3)21)16(27-12(4)22)17(28-13(5)23)18(29-6)30-7/h14-18H,8H2,1-7H3/t14-,15+,16-,17-/m0/s1. The van der Waals surface area contributed by atoms with Gasteiger partial charge in [0.2, 0.25) is 0 Å². The lowest BCUT2D eigenvalue weighted by atomic mass is 10.0. The van der Waals surface area contributed by atoms with Crippen LogP contribution < -0.4 is 0 Å². The molecular weight excluding hydrogens is 440 g/mol. The van der Waals surface area contributed by atoms with Gasteiger partial charge in [0.1, 0.15) is 6.61 Å². The Labute approximate surface area is 184 Å². The highest BCUT2D eigenvalue weighted by Gasteiger charge is 2.46.